The van der Waals surface area contributed by atoms with Gasteiger partial charge in [0.25, 0.3) is 0 Å². The normalized spacial score (nSPS) is 18.5. The van der Waals surface area contributed by atoms with Crippen LogP contribution in [0.25, 0.3) is 0 Å². The Morgan fingerprint density at radius 3 is 1.38 bits per heavy atom. The lowest BCUT2D eigenvalue weighted by Crippen LogP contribution is -2.41. The van der Waals surface area contributed by atoms with Gasteiger partial charge in [0.15, 0.2) is 0 Å². The van der Waals surface area contributed by atoms with Crippen molar-refractivity contribution in [3.63, 3.8) is 0 Å². The molecule has 1 heterocycles. The summed E-state index contributed by atoms with van der Waals surface area (Å²) < 4.78 is 10.5. The zero-order valence-corrected chi connectivity index (χ0v) is 19.1. The van der Waals surface area contributed by atoms with Crippen LogP contribution in [0, 0.1) is 20.2 Å². The number of esters is 2. The molecule has 0 fully saturated rings. The summed E-state index contributed by atoms with van der Waals surface area (Å²) in [7, 11) is 0. The number of allylic oxidation sites excluding steroid dienone is 4. The lowest BCUT2D eigenvalue weighted by Gasteiger charge is -2.24. The minimum atomic E-state index is -2.19. The molecule has 0 N–H and O–H groups in total. The molecule has 3 rings (SSSR count). The van der Waals surface area contributed by atoms with E-state index in [1.54, 1.807) is 27.7 Å². The molecule has 0 aromatic carbocycles. The third kappa shape index (κ3) is 4.92. The molecule has 0 spiro atoms. The summed E-state index contributed by atoms with van der Waals surface area (Å²) >= 11 is 0. The largest absolute Gasteiger partial charge is 0.405 e. The van der Waals surface area contributed by atoms with Crippen molar-refractivity contribution in [3.8, 4) is 0 Å². The second-order valence-corrected chi connectivity index (χ2v) is 8.58. The number of carbonyl (C=O) groups is 2. The van der Waals surface area contributed by atoms with Crippen LogP contribution in [0.2, 0.25) is 0 Å². The molecule has 2 aliphatic carbocycles. The van der Waals surface area contributed by atoms with Gasteiger partial charge in [-0.25, -0.2) is 9.59 Å². The number of carbonyl (C=O) groups excluding carboxylic acids is 2. The molecular weight excluding hydrogens is 446 g/mol. The van der Waals surface area contributed by atoms with E-state index in [2.05, 4.69) is 4.98 Å². The van der Waals surface area contributed by atoms with Crippen LogP contribution >= 0.6 is 0 Å². The van der Waals surface area contributed by atoms with E-state index in [0.717, 1.165) is 18.5 Å². The average Bonchev–Trinajstić information content (AvgIpc) is 2.72. The van der Waals surface area contributed by atoms with Crippen molar-refractivity contribution in [3.05, 3.63) is 96.4 Å². The third-order valence-electron chi connectivity index (χ3n) is 5.22. The second-order valence-electron chi connectivity index (χ2n) is 8.58. The summed E-state index contributed by atoms with van der Waals surface area (Å²) in [5, 5.41) is 23.5. The van der Waals surface area contributed by atoms with Gasteiger partial charge in [0.1, 0.15) is 0 Å². The summed E-state index contributed by atoms with van der Waals surface area (Å²) in [5.74, 6) is -2.19. The van der Waals surface area contributed by atoms with Gasteiger partial charge >= 0.3 is 23.4 Å². The van der Waals surface area contributed by atoms with Gasteiger partial charge < -0.3 is 9.47 Å². The Labute approximate surface area is 194 Å². The van der Waals surface area contributed by atoms with Crippen LogP contribution in [-0.4, -0.2) is 38.2 Å². The summed E-state index contributed by atoms with van der Waals surface area (Å²) in [5.41, 5.74) is -2.27. The molecular formula is C23H23N3O8. The molecule has 178 valence electrons. The zero-order valence-electron chi connectivity index (χ0n) is 19.1. The maximum atomic E-state index is 12.8. The Balaban J connectivity index is 1.88. The molecule has 0 saturated carbocycles. The molecule has 1 aromatic rings. The van der Waals surface area contributed by atoms with E-state index in [-0.39, 0.29) is 11.1 Å². The van der Waals surface area contributed by atoms with Gasteiger partial charge in [0, 0.05) is 36.7 Å². The maximum absolute atomic E-state index is 12.8. The predicted molar refractivity (Wildman–Crippen MR) is 119 cm³/mol. The summed E-state index contributed by atoms with van der Waals surface area (Å²) in [6.07, 6.45) is 8.15. The first-order chi connectivity index (χ1) is 15.9. The summed E-state index contributed by atoms with van der Waals surface area (Å²) in [6.45, 7) is 6.74. The molecule has 34 heavy (non-hydrogen) atoms. The van der Waals surface area contributed by atoms with Gasteiger partial charge in [0.05, 0.1) is 21.0 Å². The molecule has 0 radical (unpaired) electrons. The van der Waals surface area contributed by atoms with Crippen molar-refractivity contribution in [1.29, 1.82) is 0 Å². The first kappa shape index (κ1) is 24.5. The second kappa shape index (κ2) is 9.00. The van der Waals surface area contributed by atoms with Gasteiger partial charge in [-0.2, -0.15) is 0 Å². The topological polar surface area (TPSA) is 152 Å². The molecule has 0 atom stereocenters. The van der Waals surface area contributed by atoms with E-state index in [0.29, 0.717) is 35.1 Å². The summed E-state index contributed by atoms with van der Waals surface area (Å²) in [6, 6.07) is 1.06. The Bertz CT molecular complexity index is 1080. The highest BCUT2D eigenvalue weighted by molar-refractivity contribution is 5.95. The molecule has 11 heteroatoms. The van der Waals surface area contributed by atoms with Crippen molar-refractivity contribution < 1.29 is 28.9 Å². The fraction of sp³-hybridized carbons (Fsp3) is 0.348. The SMILES string of the molecule is CC1=CC(OC(=O)c2cncc(C(=O)OC3([N+](=O)[O-])C=C(C)CC(C)=C3)c2)([N+](=O)[O-])C=C(C)C1. The highest BCUT2D eigenvalue weighted by Crippen LogP contribution is 2.31. The highest BCUT2D eigenvalue weighted by Gasteiger charge is 2.46. The number of hydrogen-bond donors (Lipinski definition) is 0. The molecule has 1 aromatic heterocycles. The predicted octanol–water partition coefficient (Wildman–Crippen LogP) is 3.93. The van der Waals surface area contributed by atoms with E-state index in [1.807, 2.05) is 0 Å². The van der Waals surface area contributed by atoms with Crippen molar-refractivity contribution in [2.75, 3.05) is 0 Å². The van der Waals surface area contributed by atoms with Crippen LogP contribution in [0.3, 0.4) is 0 Å². The molecule has 0 aliphatic heterocycles. The zero-order chi connectivity index (χ0) is 25.3. The van der Waals surface area contributed by atoms with Gasteiger partial charge in [-0.1, -0.05) is 22.3 Å². The molecule has 0 bridgehead atoms. The number of ether oxygens (including phenoxy) is 2. The van der Waals surface area contributed by atoms with Gasteiger partial charge in [-0.15, -0.1) is 0 Å². The van der Waals surface area contributed by atoms with Crippen LogP contribution < -0.4 is 0 Å². The number of pyridine rings is 1. The lowest BCUT2D eigenvalue weighted by molar-refractivity contribution is -0.588. The van der Waals surface area contributed by atoms with Crippen molar-refractivity contribution >= 4 is 11.9 Å². The number of hydrogen-bond acceptors (Lipinski definition) is 9. The first-order valence-corrected chi connectivity index (χ1v) is 10.3. The van der Waals surface area contributed by atoms with Crippen molar-refractivity contribution in [1.82, 2.24) is 4.98 Å². The molecule has 0 saturated heterocycles. The fourth-order valence-electron chi connectivity index (χ4n) is 4.06. The Kier molecular flexibility index (Phi) is 6.49. The smallest absolute Gasteiger partial charge is 0.385 e. The third-order valence-corrected chi connectivity index (χ3v) is 5.22. The van der Waals surface area contributed by atoms with Gasteiger partial charge in [-0.3, -0.25) is 25.2 Å². The van der Waals surface area contributed by atoms with Gasteiger partial charge in [0.2, 0.25) is 0 Å². The van der Waals surface area contributed by atoms with E-state index in [9.17, 15) is 29.8 Å². The van der Waals surface area contributed by atoms with Gasteiger partial charge in [-0.05, 0) is 46.6 Å². The monoisotopic (exact) mass is 469 g/mol. The van der Waals surface area contributed by atoms with Crippen LogP contribution in [0.1, 0.15) is 61.3 Å². The maximum Gasteiger partial charge on any atom is 0.405 e. The quantitative estimate of drug-likeness (QED) is 0.198. The van der Waals surface area contributed by atoms with Crippen molar-refractivity contribution in [2.24, 2.45) is 0 Å². The fourth-order valence-corrected chi connectivity index (χ4v) is 4.06. The molecule has 0 amide bonds. The van der Waals surface area contributed by atoms with Crippen LogP contribution in [0.15, 0.2) is 65.1 Å². The Hall–Kier alpha value is -4.15. The van der Waals surface area contributed by atoms with Crippen LogP contribution in [-0.2, 0) is 9.47 Å². The Morgan fingerprint density at radius 2 is 1.09 bits per heavy atom. The minimum Gasteiger partial charge on any atom is -0.385 e. The van der Waals surface area contributed by atoms with E-state index < -0.39 is 33.2 Å². The average molecular weight is 469 g/mol. The highest BCUT2D eigenvalue weighted by atomic mass is 16.7. The number of aromatic nitrogens is 1. The van der Waals surface area contributed by atoms with Crippen molar-refractivity contribution in [2.45, 2.75) is 52.0 Å². The first-order valence-electron chi connectivity index (χ1n) is 10.3. The number of nitrogens with zero attached hydrogens (tertiary/aromatic N) is 3. The van der Waals surface area contributed by atoms with Crippen LogP contribution in [0.5, 0.6) is 0 Å². The Morgan fingerprint density at radius 1 is 0.765 bits per heavy atom. The van der Waals surface area contributed by atoms with E-state index >= 15 is 0 Å². The number of rotatable bonds is 6. The molecule has 11 nitrogen and oxygen atoms in total. The van der Waals surface area contributed by atoms with E-state index in [1.165, 1.54) is 24.3 Å². The minimum absolute atomic E-state index is 0.254. The summed E-state index contributed by atoms with van der Waals surface area (Å²) in [4.78, 5) is 51.4. The van der Waals surface area contributed by atoms with Crippen LogP contribution in [0.4, 0.5) is 0 Å². The van der Waals surface area contributed by atoms with E-state index in [4.69, 9.17) is 9.47 Å². The molecule has 0 unspecified atom stereocenters. The lowest BCUT2D eigenvalue weighted by atomic mass is 9.95. The molecule has 2 aliphatic rings. The number of nitro groups is 2. The standard InChI is InChI=1S/C23H23N3O8/c1-14-5-15(2)9-22(8-14,25(29)30)33-20(27)18-7-19(13-24-12-18)21(28)34-23(26(31)32)10-16(3)6-17(4)11-23/h7-13H,5-6H2,1-4H3.